The average Bonchev–Trinajstić information content (AvgIpc) is 3.10. The first-order valence-corrected chi connectivity index (χ1v) is 11.2. The smallest absolute Gasteiger partial charge is 0.407 e. The Bertz CT molecular complexity index is 1010. The fraction of sp³-hybridized carbons (Fsp3) is 0.346. The molecule has 33 heavy (non-hydrogen) atoms. The third kappa shape index (κ3) is 4.92. The Labute approximate surface area is 192 Å². The summed E-state index contributed by atoms with van der Waals surface area (Å²) in [4.78, 5) is 36.3. The minimum Gasteiger partial charge on any atom is -0.481 e. The zero-order chi connectivity index (χ0) is 23.4. The first-order chi connectivity index (χ1) is 16.0. The zero-order valence-corrected chi connectivity index (χ0v) is 18.3. The summed E-state index contributed by atoms with van der Waals surface area (Å²) in [5.74, 6) is -1.66. The Kier molecular flexibility index (Phi) is 6.77. The molecule has 7 nitrogen and oxygen atoms in total. The van der Waals surface area contributed by atoms with Crippen LogP contribution >= 0.6 is 0 Å². The highest BCUT2D eigenvalue weighted by Gasteiger charge is 2.36. The number of aliphatic carboxylic acids is 1. The van der Waals surface area contributed by atoms with Gasteiger partial charge < -0.3 is 20.5 Å². The van der Waals surface area contributed by atoms with Crippen LogP contribution in [0.5, 0.6) is 0 Å². The summed E-state index contributed by atoms with van der Waals surface area (Å²) < 4.78 is 5.56. The maximum atomic E-state index is 12.7. The maximum absolute atomic E-state index is 12.7. The number of amides is 2. The first-order valence-electron chi connectivity index (χ1n) is 11.2. The molecule has 0 aliphatic heterocycles. The molecule has 4 rings (SSSR count). The normalized spacial score (nSPS) is 19.4. The van der Waals surface area contributed by atoms with Gasteiger partial charge in [0.05, 0.1) is 5.92 Å². The van der Waals surface area contributed by atoms with Gasteiger partial charge in [-0.2, -0.15) is 0 Å². The number of carbonyl (C=O) groups is 3. The molecule has 2 aliphatic rings. The molecule has 0 saturated heterocycles. The van der Waals surface area contributed by atoms with Gasteiger partial charge in [-0.1, -0.05) is 54.6 Å². The average molecular weight is 449 g/mol. The van der Waals surface area contributed by atoms with E-state index >= 15 is 0 Å². The number of carbonyl (C=O) groups excluding carboxylic acids is 2. The van der Waals surface area contributed by atoms with Crippen molar-refractivity contribution in [3.8, 4) is 11.1 Å². The van der Waals surface area contributed by atoms with Crippen LogP contribution in [0.4, 0.5) is 4.79 Å². The lowest BCUT2D eigenvalue weighted by molar-refractivity contribution is -0.146. The number of allylic oxidation sites excluding steroid dienone is 1. The van der Waals surface area contributed by atoms with Crippen molar-refractivity contribution in [3.63, 3.8) is 0 Å². The SMILES string of the molecule is C=CCCC(NC(=O)OCC1c2ccccc2-c2ccccc21)C(=O)NC1CC(C(=O)O)C1. The number of alkyl carbamates (subject to hydrolysis) is 1. The van der Waals surface area contributed by atoms with Crippen molar-refractivity contribution in [2.75, 3.05) is 6.61 Å². The van der Waals surface area contributed by atoms with Crippen LogP contribution in [0.1, 0.15) is 42.7 Å². The van der Waals surface area contributed by atoms with Gasteiger partial charge >= 0.3 is 12.1 Å². The maximum Gasteiger partial charge on any atom is 0.407 e. The van der Waals surface area contributed by atoms with Crippen LogP contribution in [0, 0.1) is 5.92 Å². The molecule has 0 heterocycles. The zero-order valence-electron chi connectivity index (χ0n) is 18.3. The topological polar surface area (TPSA) is 105 Å². The second-order valence-electron chi connectivity index (χ2n) is 8.60. The van der Waals surface area contributed by atoms with Gasteiger partial charge in [0.2, 0.25) is 5.91 Å². The molecule has 2 amide bonds. The molecule has 1 unspecified atom stereocenters. The number of nitrogens with one attached hydrogen (secondary N) is 2. The number of hydrogen-bond donors (Lipinski definition) is 3. The Balaban J connectivity index is 1.35. The molecule has 0 bridgehead atoms. The van der Waals surface area contributed by atoms with Gasteiger partial charge in [-0.15, -0.1) is 6.58 Å². The van der Waals surface area contributed by atoms with Crippen LogP contribution in [-0.2, 0) is 14.3 Å². The summed E-state index contributed by atoms with van der Waals surface area (Å²) in [6.07, 6.45) is 2.76. The minimum absolute atomic E-state index is 0.0634. The monoisotopic (exact) mass is 448 g/mol. The molecule has 1 fully saturated rings. The predicted octanol–water partition coefficient (Wildman–Crippen LogP) is 3.84. The Morgan fingerprint density at radius 1 is 1.06 bits per heavy atom. The van der Waals surface area contributed by atoms with Crippen molar-refractivity contribution in [3.05, 3.63) is 72.3 Å². The number of fused-ring (bicyclic) bond motifs is 3. The number of hydrogen-bond acceptors (Lipinski definition) is 4. The number of carboxylic acid groups (broad SMARTS) is 1. The summed E-state index contributed by atoms with van der Waals surface area (Å²) in [6.45, 7) is 3.84. The van der Waals surface area contributed by atoms with Crippen molar-refractivity contribution in [2.45, 2.75) is 43.7 Å². The van der Waals surface area contributed by atoms with E-state index in [1.807, 2.05) is 36.4 Å². The summed E-state index contributed by atoms with van der Waals surface area (Å²) in [7, 11) is 0. The molecule has 3 N–H and O–H groups in total. The van der Waals surface area contributed by atoms with Gasteiger partial charge in [-0.05, 0) is 47.9 Å². The van der Waals surface area contributed by atoms with E-state index in [0.717, 1.165) is 22.3 Å². The first kappa shape index (κ1) is 22.6. The lowest BCUT2D eigenvalue weighted by atomic mass is 9.80. The minimum atomic E-state index is -0.847. The Hall–Kier alpha value is -3.61. The molecular formula is C26H28N2O5. The van der Waals surface area contributed by atoms with E-state index in [-0.39, 0.29) is 24.5 Å². The van der Waals surface area contributed by atoms with Crippen LogP contribution in [0.3, 0.4) is 0 Å². The highest BCUT2D eigenvalue weighted by Crippen LogP contribution is 2.44. The molecule has 2 aliphatic carbocycles. The quantitative estimate of drug-likeness (QED) is 0.506. The number of rotatable bonds is 9. The van der Waals surface area contributed by atoms with Crippen molar-refractivity contribution in [1.82, 2.24) is 10.6 Å². The van der Waals surface area contributed by atoms with Crippen LogP contribution in [0.25, 0.3) is 11.1 Å². The van der Waals surface area contributed by atoms with Crippen molar-refractivity contribution in [2.24, 2.45) is 5.92 Å². The van der Waals surface area contributed by atoms with E-state index < -0.39 is 24.0 Å². The number of carboxylic acids is 1. The number of ether oxygens (including phenoxy) is 1. The summed E-state index contributed by atoms with van der Waals surface area (Å²) in [6, 6.07) is 15.2. The summed E-state index contributed by atoms with van der Waals surface area (Å²) >= 11 is 0. The Morgan fingerprint density at radius 2 is 1.67 bits per heavy atom. The van der Waals surface area contributed by atoms with E-state index in [9.17, 15) is 14.4 Å². The van der Waals surface area contributed by atoms with E-state index in [2.05, 4.69) is 29.3 Å². The van der Waals surface area contributed by atoms with Gasteiger partial charge in [-0.25, -0.2) is 4.79 Å². The largest absolute Gasteiger partial charge is 0.481 e. The molecular weight excluding hydrogens is 420 g/mol. The van der Waals surface area contributed by atoms with Crippen molar-refractivity contribution >= 4 is 18.0 Å². The van der Waals surface area contributed by atoms with E-state index in [1.54, 1.807) is 6.08 Å². The summed E-state index contributed by atoms with van der Waals surface area (Å²) in [5, 5.41) is 14.5. The third-order valence-corrected chi connectivity index (χ3v) is 6.45. The third-order valence-electron chi connectivity index (χ3n) is 6.45. The molecule has 1 atom stereocenters. The predicted molar refractivity (Wildman–Crippen MR) is 124 cm³/mol. The van der Waals surface area contributed by atoms with Gasteiger partial charge in [0, 0.05) is 12.0 Å². The van der Waals surface area contributed by atoms with Gasteiger partial charge in [0.1, 0.15) is 12.6 Å². The lowest BCUT2D eigenvalue weighted by Gasteiger charge is -2.34. The van der Waals surface area contributed by atoms with Gasteiger partial charge in [0.15, 0.2) is 0 Å². The van der Waals surface area contributed by atoms with Gasteiger partial charge in [-0.3, -0.25) is 9.59 Å². The molecule has 0 aromatic heterocycles. The second-order valence-corrected chi connectivity index (χ2v) is 8.60. The number of benzene rings is 2. The van der Waals surface area contributed by atoms with E-state index in [1.165, 1.54) is 0 Å². The summed E-state index contributed by atoms with van der Waals surface area (Å²) in [5.41, 5.74) is 4.52. The highest BCUT2D eigenvalue weighted by atomic mass is 16.5. The second kappa shape index (κ2) is 9.90. The van der Waals surface area contributed by atoms with Crippen LogP contribution < -0.4 is 10.6 Å². The molecule has 0 radical (unpaired) electrons. The molecule has 1 saturated carbocycles. The fourth-order valence-electron chi connectivity index (χ4n) is 4.57. The molecule has 2 aromatic rings. The molecule has 172 valence electrons. The van der Waals surface area contributed by atoms with Crippen LogP contribution in [0.2, 0.25) is 0 Å². The Morgan fingerprint density at radius 3 is 2.24 bits per heavy atom. The molecule has 7 heteroatoms. The van der Waals surface area contributed by atoms with E-state index in [4.69, 9.17) is 9.84 Å². The molecule has 2 aromatic carbocycles. The van der Waals surface area contributed by atoms with E-state index in [0.29, 0.717) is 25.7 Å². The van der Waals surface area contributed by atoms with Crippen molar-refractivity contribution in [1.29, 1.82) is 0 Å². The standard InChI is InChI=1S/C26H28N2O5/c1-2-3-12-23(24(29)27-17-13-16(14-17)25(30)31)28-26(32)33-15-22-20-10-6-4-8-18(20)19-9-5-7-11-21(19)22/h2,4-11,16-17,22-23H,1,3,12-15H2,(H,27,29)(H,28,32)(H,30,31). The fourth-order valence-corrected chi connectivity index (χ4v) is 4.57. The van der Waals surface area contributed by atoms with Crippen LogP contribution in [0.15, 0.2) is 61.2 Å². The van der Waals surface area contributed by atoms with Crippen LogP contribution in [-0.4, -0.2) is 41.8 Å². The lowest BCUT2D eigenvalue weighted by Crippen LogP contribution is -2.53. The molecule has 0 spiro atoms. The highest BCUT2D eigenvalue weighted by molar-refractivity contribution is 5.86. The van der Waals surface area contributed by atoms with Gasteiger partial charge in [0.25, 0.3) is 0 Å². The van der Waals surface area contributed by atoms with Crippen molar-refractivity contribution < 1.29 is 24.2 Å².